The summed E-state index contributed by atoms with van der Waals surface area (Å²) in [6, 6.07) is 12.6. The SMILES string of the molecule is O=C1C2=C(C(=O)c3ccccc31)[C@H]1Oc3ccc(Br)cc3[C@H]1CO2. The fourth-order valence-corrected chi connectivity index (χ4v) is 4.06. The molecule has 5 heteroatoms. The molecule has 3 aliphatic rings. The van der Waals surface area contributed by atoms with Crippen molar-refractivity contribution in [1.82, 2.24) is 0 Å². The van der Waals surface area contributed by atoms with E-state index in [2.05, 4.69) is 15.9 Å². The van der Waals surface area contributed by atoms with Crippen LogP contribution in [0.5, 0.6) is 5.75 Å². The van der Waals surface area contributed by atoms with Gasteiger partial charge in [-0.05, 0) is 18.2 Å². The Labute approximate surface area is 146 Å². The van der Waals surface area contributed by atoms with Crippen LogP contribution in [0.1, 0.15) is 32.2 Å². The molecule has 1 aliphatic carbocycles. The summed E-state index contributed by atoms with van der Waals surface area (Å²) in [5, 5.41) is 0. The van der Waals surface area contributed by atoms with Gasteiger partial charge in [-0.15, -0.1) is 0 Å². The second-order valence-electron chi connectivity index (χ2n) is 6.08. The first-order chi connectivity index (χ1) is 11.6. The zero-order valence-electron chi connectivity index (χ0n) is 12.4. The van der Waals surface area contributed by atoms with Gasteiger partial charge in [0.05, 0.1) is 18.1 Å². The Morgan fingerprint density at radius 3 is 2.54 bits per heavy atom. The molecule has 24 heavy (non-hydrogen) atoms. The predicted octanol–water partition coefficient (Wildman–Crippen LogP) is 3.66. The van der Waals surface area contributed by atoms with Crippen LogP contribution in [0.3, 0.4) is 0 Å². The van der Waals surface area contributed by atoms with Crippen LogP contribution >= 0.6 is 15.9 Å². The van der Waals surface area contributed by atoms with Crippen LogP contribution < -0.4 is 4.74 Å². The number of allylic oxidation sites excluding steroid dienone is 1. The summed E-state index contributed by atoms with van der Waals surface area (Å²) < 4.78 is 12.7. The Balaban J connectivity index is 1.66. The smallest absolute Gasteiger partial charge is 0.228 e. The van der Waals surface area contributed by atoms with Crippen molar-refractivity contribution in [2.75, 3.05) is 6.61 Å². The van der Waals surface area contributed by atoms with Gasteiger partial charge in [0.1, 0.15) is 11.9 Å². The van der Waals surface area contributed by atoms with Crippen molar-refractivity contribution in [3.8, 4) is 5.75 Å². The molecular weight excluding hydrogens is 372 g/mol. The van der Waals surface area contributed by atoms with E-state index in [1.54, 1.807) is 24.3 Å². The van der Waals surface area contributed by atoms with Crippen molar-refractivity contribution in [2.45, 2.75) is 12.0 Å². The van der Waals surface area contributed by atoms with Crippen LogP contribution in [0.4, 0.5) is 0 Å². The lowest BCUT2D eigenvalue weighted by Gasteiger charge is -2.31. The Kier molecular flexibility index (Phi) is 2.80. The first-order valence-electron chi connectivity index (χ1n) is 7.66. The third-order valence-corrected chi connectivity index (χ3v) is 5.29. The number of ether oxygens (including phenoxy) is 2. The van der Waals surface area contributed by atoms with Crippen molar-refractivity contribution in [2.24, 2.45) is 0 Å². The summed E-state index contributed by atoms with van der Waals surface area (Å²) in [6.07, 6.45) is -0.470. The second-order valence-corrected chi connectivity index (χ2v) is 7.00. The van der Waals surface area contributed by atoms with E-state index < -0.39 is 6.10 Å². The molecule has 0 saturated heterocycles. The normalized spacial score (nSPS) is 23.7. The highest BCUT2D eigenvalue weighted by molar-refractivity contribution is 9.10. The van der Waals surface area contributed by atoms with Gasteiger partial charge in [0.25, 0.3) is 0 Å². The fourth-order valence-electron chi connectivity index (χ4n) is 3.68. The van der Waals surface area contributed by atoms with Gasteiger partial charge in [0.15, 0.2) is 11.5 Å². The maximum Gasteiger partial charge on any atom is 0.228 e. The number of carbonyl (C=O) groups excluding carboxylic acids is 2. The summed E-state index contributed by atoms with van der Waals surface area (Å²) in [7, 11) is 0. The molecule has 0 amide bonds. The van der Waals surface area contributed by atoms with Gasteiger partial charge < -0.3 is 9.47 Å². The number of benzene rings is 2. The summed E-state index contributed by atoms with van der Waals surface area (Å²) >= 11 is 3.46. The summed E-state index contributed by atoms with van der Waals surface area (Å²) in [6.45, 7) is 0.328. The zero-order valence-corrected chi connectivity index (χ0v) is 14.0. The molecule has 4 nitrogen and oxygen atoms in total. The predicted molar refractivity (Wildman–Crippen MR) is 89.4 cm³/mol. The molecule has 2 aliphatic heterocycles. The number of ketones is 2. The topological polar surface area (TPSA) is 52.6 Å². The van der Waals surface area contributed by atoms with Gasteiger partial charge in [0, 0.05) is 21.2 Å². The van der Waals surface area contributed by atoms with Crippen molar-refractivity contribution in [1.29, 1.82) is 0 Å². The Bertz CT molecular complexity index is 960. The molecule has 0 fully saturated rings. The van der Waals surface area contributed by atoms with Crippen molar-refractivity contribution in [3.05, 3.63) is 75.0 Å². The van der Waals surface area contributed by atoms with Crippen LogP contribution in [0, 0.1) is 0 Å². The molecule has 2 aromatic rings. The number of carbonyl (C=O) groups is 2. The molecule has 2 atom stereocenters. The van der Waals surface area contributed by atoms with Gasteiger partial charge in [-0.2, -0.15) is 0 Å². The molecule has 0 spiro atoms. The number of rotatable bonds is 0. The number of Topliss-reactive ketones (excluding diaryl/α,β-unsaturated/α-hetero) is 2. The standard InChI is InChI=1S/C19H11BrO4/c20-9-5-6-14-12(7-9)13-8-23-19-15(18(13)24-14)16(21)10-3-1-2-4-11(10)17(19)22/h1-7,13,18H,8H2/t13-,18+/m1/s1. The number of fused-ring (bicyclic) bond motifs is 5. The van der Waals surface area contributed by atoms with Gasteiger partial charge in [-0.1, -0.05) is 40.2 Å². The summed E-state index contributed by atoms with van der Waals surface area (Å²) in [4.78, 5) is 25.7. The zero-order chi connectivity index (χ0) is 16.4. The highest BCUT2D eigenvalue weighted by Gasteiger charge is 2.48. The molecule has 0 aromatic heterocycles. The molecule has 0 unspecified atom stereocenters. The molecule has 0 saturated carbocycles. The highest BCUT2D eigenvalue weighted by atomic mass is 79.9. The van der Waals surface area contributed by atoms with Crippen molar-refractivity contribution in [3.63, 3.8) is 0 Å². The quantitative estimate of drug-likeness (QED) is 0.697. The van der Waals surface area contributed by atoms with Gasteiger partial charge in [-0.25, -0.2) is 0 Å². The lowest BCUT2D eigenvalue weighted by molar-refractivity contribution is 0.0697. The van der Waals surface area contributed by atoms with E-state index in [0.29, 0.717) is 23.3 Å². The Morgan fingerprint density at radius 1 is 1.00 bits per heavy atom. The van der Waals surface area contributed by atoms with Crippen molar-refractivity contribution < 1.29 is 19.1 Å². The number of hydrogen-bond donors (Lipinski definition) is 0. The van der Waals surface area contributed by atoms with E-state index in [4.69, 9.17) is 9.47 Å². The molecule has 2 heterocycles. The lowest BCUT2D eigenvalue weighted by atomic mass is 9.80. The second kappa shape index (κ2) is 4.80. The molecule has 118 valence electrons. The largest absolute Gasteiger partial charge is 0.488 e. The third kappa shape index (κ3) is 1.73. The summed E-state index contributed by atoms with van der Waals surface area (Å²) in [5.41, 5.74) is 2.17. The average molecular weight is 383 g/mol. The van der Waals surface area contributed by atoms with E-state index in [1.165, 1.54) is 0 Å². The maximum atomic E-state index is 13.0. The average Bonchev–Trinajstić information content (AvgIpc) is 2.97. The van der Waals surface area contributed by atoms with Gasteiger partial charge in [-0.3, -0.25) is 9.59 Å². The molecule has 0 N–H and O–H groups in total. The van der Waals surface area contributed by atoms with E-state index in [0.717, 1.165) is 15.8 Å². The number of halogens is 1. The van der Waals surface area contributed by atoms with Crippen LogP contribution in [-0.2, 0) is 4.74 Å². The van der Waals surface area contributed by atoms with E-state index in [-0.39, 0.29) is 23.2 Å². The van der Waals surface area contributed by atoms with Gasteiger partial charge in [0.2, 0.25) is 5.78 Å². The summed E-state index contributed by atoms with van der Waals surface area (Å²) in [5.74, 6) is 0.385. The van der Waals surface area contributed by atoms with Gasteiger partial charge >= 0.3 is 0 Å². The Hall–Kier alpha value is -2.40. The first-order valence-corrected chi connectivity index (χ1v) is 8.46. The molecular formula is C19H11BrO4. The Morgan fingerprint density at radius 2 is 1.75 bits per heavy atom. The first kappa shape index (κ1) is 14.0. The minimum atomic E-state index is -0.470. The molecule has 2 aromatic carbocycles. The lowest BCUT2D eigenvalue weighted by Crippen LogP contribution is -2.39. The van der Waals surface area contributed by atoms with Crippen LogP contribution in [0.2, 0.25) is 0 Å². The molecule has 0 bridgehead atoms. The van der Waals surface area contributed by atoms with Crippen LogP contribution in [0.25, 0.3) is 0 Å². The van der Waals surface area contributed by atoms with Crippen LogP contribution in [0.15, 0.2) is 58.3 Å². The van der Waals surface area contributed by atoms with Crippen molar-refractivity contribution >= 4 is 27.5 Å². The maximum absolute atomic E-state index is 13.0. The third-order valence-electron chi connectivity index (χ3n) is 4.79. The minimum absolute atomic E-state index is 0.0849. The fraction of sp³-hybridized carbons (Fsp3) is 0.158. The highest BCUT2D eigenvalue weighted by Crippen LogP contribution is 2.47. The monoisotopic (exact) mass is 382 g/mol. The molecule has 0 radical (unpaired) electrons. The minimum Gasteiger partial charge on any atom is -0.488 e. The van der Waals surface area contributed by atoms with E-state index in [9.17, 15) is 9.59 Å². The number of hydrogen-bond acceptors (Lipinski definition) is 4. The van der Waals surface area contributed by atoms with E-state index in [1.807, 2.05) is 18.2 Å². The van der Waals surface area contributed by atoms with Crippen LogP contribution in [-0.4, -0.2) is 24.3 Å². The van der Waals surface area contributed by atoms with E-state index >= 15 is 0 Å². The molecule has 5 rings (SSSR count).